The lowest BCUT2D eigenvalue weighted by Crippen LogP contribution is -2.05. The Morgan fingerprint density at radius 2 is 2.14 bits per heavy atom. The van der Waals surface area contributed by atoms with Gasteiger partial charge in [-0.2, -0.15) is 0 Å². The largest absolute Gasteiger partial charge is 0.427 e. The van der Waals surface area contributed by atoms with Crippen molar-refractivity contribution in [2.24, 2.45) is 4.99 Å². The van der Waals surface area contributed by atoms with Crippen LogP contribution >= 0.6 is 23.5 Å². The molecule has 0 bridgehead atoms. The van der Waals surface area contributed by atoms with E-state index in [-0.39, 0.29) is 11.1 Å². The Bertz CT molecular complexity index is 648. The van der Waals surface area contributed by atoms with Gasteiger partial charge in [-0.25, -0.2) is 4.99 Å². The van der Waals surface area contributed by atoms with Crippen LogP contribution in [0.25, 0.3) is 6.08 Å². The van der Waals surface area contributed by atoms with Crippen molar-refractivity contribution in [3.8, 4) is 5.75 Å². The molecule has 0 spiro atoms. The Balaban J connectivity index is 2.08. The van der Waals surface area contributed by atoms with Crippen molar-refractivity contribution in [1.82, 2.24) is 0 Å². The lowest BCUT2D eigenvalue weighted by atomic mass is 10.2. The highest BCUT2D eigenvalue weighted by Gasteiger charge is 2.21. The zero-order valence-electron chi connectivity index (χ0n) is 12.1. The zero-order chi connectivity index (χ0) is 15.9. The molecule has 0 saturated heterocycles. The molecule has 22 heavy (non-hydrogen) atoms. The quantitative estimate of drug-likeness (QED) is 0.354. The van der Waals surface area contributed by atoms with Gasteiger partial charge in [0.1, 0.15) is 15.8 Å². The molecule has 2 rings (SSSR count). The first-order valence-electron chi connectivity index (χ1n) is 6.69. The van der Waals surface area contributed by atoms with Gasteiger partial charge in [0.25, 0.3) is 0 Å². The fraction of sp³-hybridized carbons (Fsp3) is 0.188. The number of rotatable bonds is 5. The van der Waals surface area contributed by atoms with Crippen LogP contribution in [0.5, 0.6) is 5.75 Å². The summed E-state index contributed by atoms with van der Waals surface area (Å²) in [6.07, 6.45) is 3.83. The number of esters is 1. The Hall–Kier alpha value is -1.79. The Morgan fingerprint density at radius 3 is 2.77 bits per heavy atom. The van der Waals surface area contributed by atoms with Gasteiger partial charge in [-0.05, 0) is 35.5 Å². The second-order valence-corrected chi connectivity index (χ2v) is 6.52. The molecule has 0 N–H and O–H groups in total. The van der Waals surface area contributed by atoms with Crippen LogP contribution in [-0.4, -0.2) is 21.2 Å². The monoisotopic (exact) mass is 333 g/mol. The van der Waals surface area contributed by atoms with E-state index in [1.165, 1.54) is 11.8 Å². The van der Waals surface area contributed by atoms with E-state index in [0.717, 1.165) is 27.5 Å². The minimum Gasteiger partial charge on any atom is -0.427 e. The van der Waals surface area contributed by atoms with Gasteiger partial charge in [0, 0.05) is 12.2 Å². The van der Waals surface area contributed by atoms with Crippen LogP contribution in [0.1, 0.15) is 18.9 Å². The number of hydrogen-bond acceptors (Lipinski definition) is 6. The fourth-order valence-corrected chi connectivity index (χ4v) is 3.18. The summed E-state index contributed by atoms with van der Waals surface area (Å²) >= 11 is 2.63. The first-order chi connectivity index (χ1) is 10.6. The molecular formula is C16H15NO3S2. The third-order valence-electron chi connectivity index (χ3n) is 2.63. The topological polar surface area (TPSA) is 55.7 Å². The summed E-state index contributed by atoms with van der Waals surface area (Å²) in [5.74, 6) is 0.943. The molecule has 6 heteroatoms. The summed E-state index contributed by atoms with van der Waals surface area (Å²) in [5, 5.41) is -0.0620. The smallest absolute Gasteiger partial charge is 0.310 e. The molecule has 0 unspecified atom stereocenters. The molecule has 0 fully saturated rings. The number of carbonyl (C=O) groups is 2. The number of ether oxygens (including phenoxy) is 1. The molecule has 114 valence electrons. The third-order valence-corrected chi connectivity index (χ3v) is 4.63. The number of hydrogen-bond donors (Lipinski definition) is 0. The van der Waals surface area contributed by atoms with Crippen LogP contribution in [0.15, 0.2) is 47.6 Å². The Labute approximate surface area is 137 Å². The summed E-state index contributed by atoms with van der Waals surface area (Å²) in [4.78, 5) is 27.4. The summed E-state index contributed by atoms with van der Waals surface area (Å²) in [6.45, 7) is 5.38. The van der Waals surface area contributed by atoms with Crippen molar-refractivity contribution < 1.29 is 14.3 Å². The van der Waals surface area contributed by atoms with E-state index in [2.05, 4.69) is 11.6 Å². The maximum Gasteiger partial charge on any atom is 0.310 e. The van der Waals surface area contributed by atoms with Crippen molar-refractivity contribution in [2.75, 3.05) is 5.75 Å². The number of carbonyl (C=O) groups excluding carboxylic acids is 2. The molecule has 0 aromatic heterocycles. The summed E-state index contributed by atoms with van der Waals surface area (Å²) in [7, 11) is 0. The van der Waals surface area contributed by atoms with Crippen molar-refractivity contribution in [2.45, 2.75) is 13.3 Å². The molecule has 1 heterocycles. The summed E-state index contributed by atoms with van der Waals surface area (Å²) in [6, 6.07) is 6.97. The van der Waals surface area contributed by atoms with Crippen LogP contribution in [0, 0.1) is 0 Å². The molecule has 1 aliphatic heterocycles. The molecule has 1 aromatic rings. The molecule has 0 radical (unpaired) electrons. The SMILES string of the molecule is C=CCSC1=N/C(=C/c2ccc(OC(=O)CC)cc2)C(=O)S1. The van der Waals surface area contributed by atoms with Gasteiger partial charge in [-0.1, -0.05) is 36.9 Å². The van der Waals surface area contributed by atoms with Crippen LogP contribution < -0.4 is 4.74 Å². The number of nitrogens with zero attached hydrogens (tertiary/aromatic N) is 1. The van der Waals surface area contributed by atoms with Gasteiger partial charge in [0.05, 0.1) is 0 Å². The second kappa shape index (κ2) is 8.00. The van der Waals surface area contributed by atoms with Gasteiger partial charge < -0.3 is 4.74 Å². The van der Waals surface area contributed by atoms with Crippen LogP contribution in [-0.2, 0) is 9.59 Å². The van der Waals surface area contributed by atoms with Gasteiger partial charge in [-0.3, -0.25) is 9.59 Å². The maximum atomic E-state index is 11.9. The molecule has 0 aliphatic carbocycles. The van der Waals surface area contributed by atoms with E-state index >= 15 is 0 Å². The lowest BCUT2D eigenvalue weighted by Gasteiger charge is -2.02. The van der Waals surface area contributed by atoms with E-state index in [1.807, 2.05) is 0 Å². The number of aliphatic imine (C=N–C) groups is 1. The average Bonchev–Trinajstić information content (AvgIpc) is 2.87. The van der Waals surface area contributed by atoms with E-state index in [1.54, 1.807) is 43.3 Å². The minimum absolute atomic E-state index is 0.0620. The van der Waals surface area contributed by atoms with Crippen LogP contribution in [0.2, 0.25) is 0 Å². The number of benzene rings is 1. The molecule has 0 amide bonds. The summed E-state index contributed by atoms with van der Waals surface area (Å²) < 4.78 is 5.84. The zero-order valence-corrected chi connectivity index (χ0v) is 13.7. The highest BCUT2D eigenvalue weighted by atomic mass is 32.2. The highest BCUT2D eigenvalue weighted by molar-refractivity contribution is 8.45. The van der Waals surface area contributed by atoms with Crippen molar-refractivity contribution in [3.63, 3.8) is 0 Å². The van der Waals surface area contributed by atoms with Crippen molar-refractivity contribution in [1.29, 1.82) is 0 Å². The molecule has 0 atom stereocenters. The third kappa shape index (κ3) is 4.61. The second-order valence-electron chi connectivity index (χ2n) is 4.29. The predicted molar refractivity (Wildman–Crippen MR) is 93.0 cm³/mol. The van der Waals surface area contributed by atoms with Crippen molar-refractivity contribution >= 4 is 45.1 Å². The minimum atomic E-state index is -0.276. The summed E-state index contributed by atoms with van der Waals surface area (Å²) in [5.41, 5.74) is 1.26. The number of thioether (sulfide) groups is 2. The van der Waals surface area contributed by atoms with Crippen LogP contribution in [0.3, 0.4) is 0 Å². The maximum absolute atomic E-state index is 11.9. The van der Waals surface area contributed by atoms with E-state index in [9.17, 15) is 9.59 Å². The predicted octanol–water partition coefficient (Wildman–Crippen LogP) is 3.89. The average molecular weight is 333 g/mol. The standard InChI is InChI=1S/C16H15NO3S2/c1-3-9-21-16-17-13(15(19)22-16)10-11-5-7-12(8-6-11)20-14(18)4-2/h3,5-8,10H,1,4,9H2,2H3/b13-10+. The molecule has 0 saturated carbocycles. The Morgan fingerprint density at radius 1 is 1.41 bits per heavy atom. The first kappa shape index (κ1) is 16.6. The molecule has 4 nitrogen and oxygen atoms in total. The van der Waals surface area contributed by atoms with E-state index < -0.39 is 0 Å². The normalized spacial score (nSPS) is 15.8. The van der Waals surface area contributed by atoms with Gasteiger partial charge in [-0.15, -0.1) is 6.58 Å². The van der Waals surface area contributed by atoms with Gasteiger partial charge in [0.2, 0.25) is 5.12 Å². The van der Waals surface area contributed by atoms with Gasteiger partial charge >= 0.3 is 5.97 Å². The molecule has 1 aliphatic rings. The van der Waals surface area contributed by atoms with Gasteiger partial charge in [0.15, 0.2) is 0 Å². The van der Waals surface area contributed by atoms with E-state index in [0.29, 0.717) is 17.9 Å². The Kier molecular flexibility index (Phi) is 6.03. The van der Waals surface area contributed by atoms with Crippen LogP contribution in [0.4, 0.5) is 0 Å². The molecular weight excluding hydrogens is 318 g/mol. The lowest BCUT2D eigenvalue weighted by molar-refractivity contribution is -0.134. The first-order valence-corrected chi connectivity index (χ1v) is 8.49. The van der Waals surface area contributed by atoms with Crippen molar-refractivity contribution in [3.05, 3.63) is 48.2 Å². The van der Waals surface area contributed by atoms with E-state index in [4.69, 9.17) is 4.74 Å². The molecule has 1 aromatic carbocycles. The fourth-order valence-electron chi connectivity index (χ4n) is 1.58. The highest BCUT2D eigenvalue weighted by Crippen LogP contribution is 2.31.